The molecule has 3 rings (SSSR count). The number of fused-ring (bicyclic) bond motifs is 1. The summed E-state index contributed by atoms with van der Waals surface area (Å²) < 4.78 is 76.0. The molecule has 0 aliphatic carbocycles. The van der Waals surface area contributed by atoms with Gasteiger partial charge in [-0.25, -0.2) is 13.1 Å². The molecule has 0 fully saturated rings. The lowest BCUT2D eigenvalue weighted by Gasteiger charge is -2.13. The first-order chi connectivity index (χ1) is 14.2. The first kappa shape index (κ1) is 21.9. The minimum atomic E-state index is -4.81. The van der Waals surface area contributed by atoms with Gasteiger partial charge in [-0.15, -0.1) is 0 Å². The van der Waals surface area contributed by atoms with Gasteiger partial charge in [0.25, 0.3) is 0 Å². The number of amides is 1. The fourth-order valence-corrected chi connectivity index (χ4v) is 4.10. The van der Waals surface area contributed by atoms with E-state index in [1.807, 2.05) is 10.8 Å². The van der Waals surface area contributed by atoms with Crippen LogP contribution in [0.2, 0.25) is 0 Å². The molecule has 0 unspecified atom stereocenters. The van der Waals surface area contributed by atoms with Crippen LogP contribution in [0, 0.1) is 0 Å². The first-order valence-electron chi connectivity index (χ1n) is 8.98. The molecule has 1 heterocycles. The Morgan fingerprint density at radius 1 is 1.03 bits per heavy atom. The Morgan fingerprint density at radius 2 is 1.77 bits per heavy atom. The van der Waals surface area contributed by atoms with Gasteiger partial charge in [-0.2, -0.15) is 13.2 Å². The average Bonchev–Trinajstić information content (AvgIpc) is 3.15. The van der Waals surface area contributed by atoms with Crippen LogP contribution in [0.5, 0.6) is 11.5 Å². The monoisotopic (exact) mass is 444 g/mol. The molecular formula is C19H19F3N2O5S. The van der Waals surface area contributed by atoms with Gasteiger partial charge in [0.1, 0.15) is 0 Å². The van der Waals surface area contributed by atoms with Crippen molar-refractivity contribution in [1.82, 2.24) is 10.0 Å². The molecule has 0 saturated carbocycles. The Balaban J connectivity index is 1.46. The molecule has 2 aromatic rings. The summed E-state index contributed by atoms with van der Waals surface area (Å²) in [6.45, 7) is 0.144. The predicted octanol–water partition coefficient (Wildman–Crippen LogP) is 2.46. The molecule has 30 heavy (non-hydrogen) atoms. The van der Waals surface area contributed by atoms with Gasteiger partial charge in [0.2, 0.25) is 22.7 Å². The van der Waals surface area contributed by atoms with E-state index in [0.29, 0.717) is 30.5 Å². The van der Waals surface area contributed by atoms with Gasteiger partial charge in [-0.1, -0.05) is 18.2 Å². The van der Waals surface area contributed by atoms with E-state index in [2.05, 4.69) is 5.32 Å². The number of nitrogens with one attached hydrogen (secondary N) is 2. The van der Waals surface area contributed by atoms with Crippen molar-refractivity contribution >= 4 is 15.9 Å². The molecule has 11 heteroatoms. The van der Waals surface area contributed by atoms with Gasteiger partial charge in [-0.3, -0.25) is 4.79 Å². The third-order valence-electron chi connectivity index (χ3n) is 4.30. The van der Waals surface area contributed by atoms with Crippen LogP contribution >= 0.6 is 0 Å². The molecule has 162 valence electrons. The maximum atomic E-state index is 13.0. The maximum Gasteiger partial charge on any atom is 0.417 e. The number of hydrogen-bond acceptors (Lipinski definition) is 5. The van der Waals surface area contributed by atoms with E-state index in [-0.39, 0.29) is 19.8 Å². The highest BCUT2D eigenvalue weighted by Crippen LogP contribution is 2.34. The van der Waals surface area contributed by atoms with Crippen LogP contribution in [0.4, 0.5) is 13.2 Å². The lowest BCUT2D eigenvalue weighted by Crippen LogP contribution is -2.32. The van der Waals surface area contributed by atoms with Crippen molar-refractivity contribution in [3.8, 4) is 11.5 Å². The quantitative estimate of drug-likeness (QED) is 0.653. The predicted molar refractivity (Wildman–Crippen MR) is 101 cm³/mol. The van der Waals surface area contributed by atoms with Crippen LogP contribution < -0.4 is 19.5 Å². The fraction of sp³-hybridized carbons (Fsp3) is 0.316. The summed E-state index contributed by atoms with van der Waals surface area (Å²) in [6.07, 6.45) is -4.50. The molecule has 0 bridgehead atoms. The highest BCUT2D eigenvalue weighted by atomic mass is 32.2. The largest absolute Gasteiger partial charge is 0.454 e. The molecular weight excluding hydrogens is 425 g/mol. The SMILES string of the molecule is O=C(CCNS(=O)(=O)c1ccccc1C(F)(F)F)NCCc1ccc2c(c1)OCO2. The molecule has 2 N–H and O–H groups in total. The van der Waals surface area contributed by atoms with Crippen LogP contribution in [0.25, 0.3) is 0 Å². The van der Waals surface area contributed by atoms with E-state index in [1.165, 1.54) is 6.07 Å². The average molecular weight is 444 g/mol. The minimum absolute atomic E-state index is 0.166. The Labute approximate surface area is 171 Å². The summed E-state index contributed by atoms with van der Waals surface area (Å²) in [6, 6.07) is 9.29. The Bertz CT molecular complexity index is 1030. The lowest BCUT2D eigenvalue weighted by atomic mass is 10.1. The molecule has 0 spiro atoms. The second kappa shape index (κ2) is 8.92. The van der Waals surface area contributed by atoms with E-state index in [4.69, 9.17) is 9.47 Å². The molecule has 7 nitrogen and oxygen atoms in total. The first-order valence-corrected chi connectivity index (χ1v) is 10.5. The highest BCUT2D eigenvalue weighted by Gasteiger charge is 2.36. The van der Waals surface area contributed by atoms with Crippen LogP contribution in [0.15, 0.2) is 47.4 Å². The van der Waals surface area contributed by atoms with E-state index < -0.39 is 32.6 Å². The van der Waals surface area contributed by atoms with E-state index in [0.717, 1.165) is 17.7 Å². The molecule has 0 radical (unpaired) electrons. The summed E-state index contributed by atoms with van der Waals surface area (Å²) in [5.74, 6) is 0.858. The van der Waals surface area contributed by atoms with Gasteiger partial charge in [0.15, 0.2) is 11.5 Å². The van der Waals surface area contributed by atoms with E-state index >= 15 is 0 Å². The number of carbonyl (C=O) groups excluding carboxylic acids is 1. The summed E-state index contributed by atoms with van der Waals surface area (Å²) >= 11 is 0. The second-order valence-electron chi connectivity index (χ2n) is 6.43. The van der Waals surface area contributed by atoms with Crippen molar-refractivity contribution in [2.45, 2.75) is 23.9 Å². The van der Waals surface area contributed by atoms with Crippen LogP contribution in [0.1, 0.15) is 17.5 Å². The zero-order valence-corrected chi connectivity index (χ0v) is 16.5. The van der Waals surface area contributed by atoms with Gasteiger partial charge < -0.3 is 14.8 Å². The molecule has 1 amide bonds. The normalized spacial score (nSPS) is 13.3. The maximum absolute atomic E-state index is 13.0. The topological polar surface area (TPSA) is 93.7 Å². The van der Waals surface area contributed by atoms with Gasteiger partial charge in [0, 0.05) is 19.5 Å². The van der Waals surface area contributed by atoms with Crippen LogP contribution in [0.3, 0.4) is 0 Å². The van der Waals surface area contributed by atoms with Gasteiger partial charge in [0.05, 0.1) is 10.5 Å². The second-order valence-corrected chi connectivity index (χ2v) is 8.16. The molecule has 1 aliphatic heterocycles. The molecule has 1 aliphatic rings. The third-order valence-corrected chi connectivity index (χ3v) is 5.82. The zero-order chi connectivity index (χ0) is 21.8. The highest BCUT2D eigenvalue weighted by molar-refractivity contribution is 7.89. The Hall–Kier alpha value is -2.79. The van der Waals surface area contributed by atoms with Crippen molar-refractivity contribution in [3.05, 3.63) is 53.6 Å². The van der Waals surface area contributed by atoms with E-state index in [1.54, 1.807) is 12.1 Å². The summed E-state index contributed by atoms with van der Waals surface area (Å²) in [5.41, 5.74) is -0.338. The number of hydrogen-bond donors (Lipinski definition) is 2. The van der Waals surface area contributed by atoms with Crippen molar-refractivity contribution < 1.29 is 35.9 Å². The smallest absolute Gasteiger partial charge is 0.417 e. The standard InChI is InChI=1S/C19H19F3N2O5S/c20-19(21,22)14-3-1-2-4-17(14)30(26,27)24-10-8-18(25)23-9-7-13-5-6-15-16(11-13)29-12-28-15/h1-6,11,24H,7-10,12H2,(H,23,25). The lowest BCUT2D eigenvalue weighted by molar-refractivity contribution is -0.139. The van der Waals surface area contributed by atoms with Crippen molar-refractivity contribution in [2.75, 3.05) is 19.9 Å². The number of carbonyl (C=O) groups is 1. The van der Waals surface area contributed by atoms with E-state index in [9.17, 15) is 26.4 Å². The van der Waals surface area contributed by atoms with Gasteiger partial charge >= 0.3 is 6.18 Å². The summed E-state index contributed by atoms with van der Waals surface area (Å²) in [4.78, 5) is 11.0. The van der Waals surface area contributed by atoms with Gasteiger partial charge in [-0.05, 0) is 36.2 Å². The fourth-order valence-electron chi connectivity index (χ4n) is 2.84. The summed E-state index contributed by atoms with van der Waals surface area (Å²) in [7, 11) is -4.41. The number of sulfonamides is 1. The molecule has 0 aromatic heterocycles. The molecule has 0 atom stereocenters. The summed E-state index contributed by atoms with van der Waals surface area (Å²) in [5, 5.41) is 2.63. The number of ether oxygens (including phenoxy) is 2. The zero-order valence-electron chi connectivity index (χ0n) is 15.7. The van der Waals surface area contributed by atoms with Crippen molar-refractivity contribution in [1.29, 1.82) is 0 Å². The third kappa shape index (κ3) is 5.42. The Kier molecular flexibility index (Phi) is 6.52. The number of alkyl halides is 3. The van der Waals surface area contributed by atoms with Crippen LogP contribution in [-0.4, -0.2) is 34.2 Å². The number of benzene rings is 2. The minimum Gasteiger partial charge on any atom is -0.454 e. The molecule has 0 saturated heterocycles. The van der Waals surface area contributed by atoms with Crippen molar-refractivity contribution in [2.24, 2.45) is 0 Å². The van der Waals surface area contributed by atoms with Crippen molar-refractivity contribution in [3.63, 3.8) is 0 Å². The number of rotatable bonds is 8. The molecule has 2 aromatic carbocycles. The number of halogens is 3. The Morgan fingerprint density at radius 3 is 2.53 bits per heavy atom. The van der Waals surface area contributed by atoms with Crippen LogP contribution in [-0.2, 0) is 27.4 Å².